The third-order valence-electron chi connectivity index (χ3n) is 9.56. The number of aryl methyl sites for hydroxylation is 1. The fourth-order valence-corrected chi connectivity index (χ4v) is 6.75. The van der Waals surface area contributed by atoms with Gasteiger partial charge in [-0.05, 0) is 48.2 Å². The van der Waals surface area contributed by atoms with Crippen molar-refractivity contribution in [1.29, 1.82) is 0 Å². The van der Waals surface area contributed by atoms with E-state index in [9.17, 15) is 19.2 Å². The van der Waals surface area contributed by atoms with Crippen LogP contribution < -0.4 is 22.1 Å². The number of nitrogens with zero attached hydrogens (tertiary/aromatic N) is 2. The maximum atomic E-state index is 13.6. The standard InChI is InChI=1S/C43H56N6O10/c1-31-4-2-5-32-37(46-14-20-56-26-24-54-18-12-44)10-8-35(39(31)32)41(51)48(30-50)16-22-58-28-29-59-23-17-49-42(52)34-7-3-6-33-38(11-9-36(40(33)34)43(49)53)47-15-21-57-27-25-55-19-13-45/h2-11,30,46-47H,12-29,44-45H2,1H3. The number of benzene rings is 4. The number of nitrogens with two attached hydrogens (primary N) is 2. The number of anilines is 2. The first kappa shape index (κ1) is 45.1. The van der Waals surface area contributed by atoms with E-state index in [1.54, 1.807) is 24.3 Å². The maximum absolute atomic E-state index is 13.6. The zero-order valence-electron chi connectivity index (χ0n) is 33.7. The number of carbonyl (C=O) groups is 4. The van der Waals surface area contributed by atoms with Crippen molar-refractivity contribution in [2.45, 2.75) is 6.92 Å². The number of carbonyl (C=O) groups excluding carboxylic acids is 4. The molecule has 0 unspecified atom stereocenters. The number of nitrogens with one attached hydrogen (secondary N) is 2. The van der Waals surface area contributed by atoms with E-state index >= 15 is 0 Å². The molecule has 0 atom stereocenters. The van der Waals surface area contributed by atoms with Crippen LogP contribution in [0.5, 0.6) is 0 Å². The van der Waals surface area contributed by atoms with Gasteiger partial charge in [-0.25, -0.2) is 0 Å². The minimum absolute atomic E-state index is 0.0415. The van der Waals surface area contributed by atoms with Crippen molar-refractivity contribution in [3.05, 3.63) is 82.9 Å². The quantitative estimate of drug-likeness (QED) is 0.0354. The molecule has 6 N–H and O–H groups in total. The fraction of sp³-hybridized carbons (Fsp3) is 0.442. The van der Waals surface area contributed by atoms with Crippen molar-refractivity contribution in [1.82, 2.24) is 9.80 Å². The molecule has 0 radical (unpaired) electrons. The Hall–Kier alpha value is -5.04. The maximum Gasteiger partial charge on any atom is 0.261 e. The summed E-state index contributed by atoms with van der Waals surface area (Å²) in [5.74, 6) is -1.20. The molecule has 5 rings (SSSR count). The van der Waals surface area contributed by atoms with Gasteiger partial charge in [0.1, 0.15) is 0 Å². The molecule has 1 aliphatic heterocycles. The van der Waals surface area contributed by atoms with Crippen LogP contribution in [0, 0.1) is 6.92 Å². The zero-order valence-corrected chi connectivity index (χ0v) is 33.7. The molecule has 4 aromatic carbocycles. The molecule has 4 amide bonds. The molecule has 59 heavy (non-hydrogen) atoms. The van der Waals surface area contributed by atoms with E-state index in [1.807, 2.05) is 43.3 Å². The average molecular weight is 817 g/mol. The van der Waals surface area contributed by atoms with Crippen LogP contribution in [0.15, 0.2) is 60.7 Å². The lowest BCUT2D eigenvalue weighted by molar-refractivity contribution is -0.116. The largest absolute Gasteiger partial charge is 0.382 e. The molecule has 0 saturated heterocycles. The van der Waals surface area contributed by atoms with Crippen LogP contribution in [0.2, 0.25) is 0 Å². The predicted octanol–water partition coefficient (Wildman–Crippen LogP) is 3.04. The predicted molar refractivity (Wildman–Crippen MR) is 225 cm³/mol. The van der Waals surface area contributed by atoms with Crippen LogP contribution in [0.3, 0.4) is 0 Å². The number of hydrogen-bond acceptors (Lipinski definition) is 14. The highest BCUT2D eigenvalue weighted by atomic mass is 16.5. The molecule has 318 valence electrons. The van der Waals surface area contributed by atoms with Crippen molar-refractivity contribution < 1.29 is 47.6 Å². The first-order valence-electron chi connectivity index (χ1n) is 20.0. The molecular weight excluding hydrogens is 761 g/mol. The highest BCUT2D eigenvalue weighted by Crippen LogP contribution is 2.34. The minimum Gasteiger partial charge on any atom is -0.382 e. The first-order chi connectivity index (χ1) is 28.9. The summed E-state index contributed by atoms with van der Waals surface area (Å²) in [4.78, 5) is 54.9. The third-order valence-corrected chi connectivity index (χ3v) is 9.56. The SMILES string of the molecule is Cc1cccc2c(NCCOCCOCCN)ccc(C(=O)N(C=O)CCOCCOCCN3C(=O)c4cccc5c(NCCOCCOCCN)ccc(c45)C3=O)c12. The van der Waals surface area contributed by atoms with E-state index in [2.05, 4.69) is 10.6 Å². The molecule has 1 heterocycles. The van der Waals surface area contributed by atoms with E-state index in [4.69, 9.17) is 39.9 Å². The highest BCUT2D eigenvalue weighted by molar-refractivity contribution is 6.26. The second-order valence-corrected chi connectivity index (χ2v) is 13.5. The van der Waals surface area contributed by atoms with Gasteiger partial charge in [-0.1, -0.05) is 30.3 Å². The number of imide groups is 2. The Kier molecular flexibility index (Phi) is 18.4. The normalized spacial score (nSPS) is 12.4. The minimum atomic E-state index is -0.432. The summed E-state index contributed by atoms with van der Waals surface area (Å²) in [6, 6.07) is 18.3. The Morgan fingerprint density at radius 3 is 1.73 bits per heavy atom. The lowest BCUT2D eigenvalue weighted by Crippen LogP contribution is -2.42. The topological polar surface area (TPSA) is 206 Å². The lowest BCUT2D eigenvalue weighted by atomic mass is 9.93. The second-order valence-electron chi connectivity index (χ2n) is 13.5. The number of ether oxygens (including phenoxy) is 6. The molecule has 0 saturated carbocycles. The Morgan fingerprint density at radius 1 is 0.627 bits per heavy atom. The molecule has 4 aromatic rings. The Labute approximate surface area is 344 Å². The second kappa shape index (κ2) is 24.1. The summed E-state index contributed by atoms with van der Waals surface area (Å²) in [5, 5.41) is 9.73. The van der Waals surface area contributed by atoms with Crippen molar-refractivity contribution in [3.8, 4) is 0 Å². The third kappa shape index (κ3) is 12.2. The molecular formula is C43H56N6O10. The monoisotopic (exact) mass is 816 g/mol. The van der Waals surface area contributed by atoms with Gasteiger partial charge >= 0.3 is 0 Å². The molecule has 0 aliphatic carbocycles. The summed E-state index contributed by atoms with van der Waals surface area (Å²) in [5.41, 5.74) is 14.7. The molecule has 1 aliphatic rings. The summed E-state index contributed by atoms with van der Waals surface area (Å²) < 4.78 is 33.2. The van der Waals surface area contributed by atoms with Gasteiger partial charge in [-0.2, -0.15) is 0 Å². The number of amides is 4. The van der Waals surface area contributed by atoms with Gasteiger partial charge in [-0.15, -0.1) is 0 Å². The number of rotatable bonds is 29. The van der Waals surface area contributed by atoms with Gasteiger partial charge in [0, 0.05) is 70.4 Å². The average Bonchev–Trinajstić information content (AvgIpc) is 3.25. The van der Waals surface area contributed by atoms with E-state index in [0.717, 1.165) is 38.0 Å². The van der Waals surface area contributed by atoms with Crippen LogP contribution >= 0.6 is 0 Å². The first-order valence-corrected chi connectivity index (χ1v) is 20.0. The van der Waals surface area contributed by atoms with E-state index in [1.165, 1.54) is 4.90 Å². The van der Waals surface area contributed by atoms with Crippen molar-refractivity contribution in [2.75, 3.05) is 129 Å². The smallest absolute Gasteiger partial charge is 0.261 e. The van der Waals surface area contributed by atoms with Gasteiger partial charge in [-0.3, -0.25) is 29.0 Å². The van der Waals surface area contributed by atoms with Crippen molar-refractivity contribution in [2.24, 2.45) is 11.5 Å². The van der Waals surface area contributed by atoms with Crippen LogP contribution in [0.4, 0.5) is 11.4 Å². The molecule has 0 aromatic heterocycles. The van der Waals surface area contributed by atoms with Gasteiger partial charge in [0.25, 0.3) is 17.7 Å². The zero-order chi connectivity index (χ0) is 41.8. The van der Waals surface area contributed by atoms with E-state index in [-0.39, 0.29) is 51.3 Å². The Balaban J connectivity index is 1.04. The summed E-state index contributed by atoms with van der Waals surface area (Å²) in [6.07, 6.45) is 0.509. The van der Waals surface area contributed by atoms with Gasteiger partial charge in [0.15, 0.2) is 0 Å². The molecule has 0 bridgehead atoms. The van der Waals surface area contributed by atoms with E-state index in [0.29, 0.717) is 108 Å². The van der Waals surface area contributed by atoms with Crippen LogP contribution in [0.1, 0.15) is 36.6 Å². The highest BCUT2D eigenvalue weighted by Gasteiger charge is 2.33. The Bertz CT molecular complexity index is 1990. The van der Waals surface area contributed by atoms with E-state index < -0.39 is 5.91 Å². The van der Waals surface area contributed by atoms with Gasteiger partial charge in [0.2, 0.25) is 6.41 Å². The molecule has 0 fully saturated rings. The molecule has 16 nitrogen and oxygen atoms in total. The van der Waals surface area contributed by atoms with Crippen LogP contribution in [-0.4, -0.2) is 152 Å². The summed E-state index contributed by atoms with van der Waals surface area (Å²) >= 11 is 0. The summed E-state index contributed by atoms with van der Waals surface area (Å²) in [6.45, 7) is 8.44. The van der Waals surface area contributed by atoms with Crippen LogP contribution in [0.25, 0.3) is 21.5 Å². The fourth-order valence-electron chi connectivity index (χ4n) is 6.75. The Morgan fingerprint density at radius 2 is 1.14 bits per heavy atom. The van der Waals surface area contributed by atoms with Crippen molar-refractivity contribution >= 4 is 57.1 Å². The van der Waals surface area contributed by atoms with Crippen LogP contribution in [-0.2, 0) is 33.2 Å². The molecule has 16 heteroatoms. The van der Waals surface area contributed by atoms with Gasteiger partial charge in [0.05, 0.1) is 92.4 Å². The van der Waals surface area contributed by atoms with Crippen molar-refractivity contribution in [3.63, 3.8) is 0 Å². The van der Waals surface area contributed by atoms with Gasteiger partial charge < -0.3 is 50.5 Å². The molecule has 0 spiro atoms. The summed E-state index contributed by atoms with van der Waals surface area (Å²) in [7, 11) is 0. The number of fused-ring (bicyclic) bond motifs is 1. The lowest BCUT2D eigenvalue weighted by Gasteiger charge is -2.27. The number of hydrogen-bond donors (Lipinski definition) is 4.